The summed E-state index contributed by atoms with van der Waals surface area (Å²) in [6.45, 7) is 7.63. The molecule has 4 heteroatoms. The zero-order valence-corrected chi connectivity index (χ0v) is 12.9. The van der Waals surface area contributed by atoms with Crippen molar-refractivity contribution in [3.8, 4) is 0 Å². The van der Waals surface area contributed by atoms with Crippen LogP contribution in [0, 0.1) is 6.92 Å². The number of nitrogens with one attached hydrogen (secondary N) is 1. The van der Waals surface area contributed by atoms with Gasteiger partial charge in [-0.3, -0.25) is 9.88 Å². The lowest BCUT2D eigenvalue weighted by atomic mass is 10.1. The molecule has 1 saturated heterocycles. The number of pyridine rings is 1. The van der Waals surface area contributed by atoms with Crippen molar-refractivity contribution in [1.82, 2.24) is 9.88 Å². The molecule has 0 bridgehead atoms. The minimum Gasteiger partial charge on any atom is -0.399 e. The van der Waals surface area contributed by atoms with Crippen molar-refractivity contribution in [3.63, 3.8) is 0 Å². The van der Waals surface area contributed by atoms with E-state index in [9.17, 15) is 0 Å². The summed E-state index contributed by atoms with van der Waals surface area (Å²) in [4.78, 5) is 7.14. The number of nitrogen functional groups attached to an aromatic ring is 1. The molecule has 0 saturated carbocycles. The summed E-state index contributed by atoms with van der Waals surface area (Å²) >= 11 is 0. The fourth-order valence-electron chi connectivity index (χ4n) is 3.29. The lowest BCUT2D eigenvalue weighted by Gasteiger charge is -2.23. The molecule has 3 rings (SSSR count). The highest BCUT2D eigenvalue weighted by Crippen LogP contribution is 2.26. The molecule has 1 aliphatic heterocycles. The standard InChI is InChI=1S/C17H24N4/c1-3-21-8-4-5-14(21)11-19-17-9-12(2)20-16-7-6-13(18)10-15(16)17/h6-7,9-10,14H,3-5,8,11,18H2,1-2H3,(H,19,20). The van der Waals surface area contributed by atoms with Gasteiger partial charge in [-0.15, -0.1) is 0 Å². The first kappa shape index (κ1) is 14.1. The van der Waals surface area contributed by atoms with E-state index >= 15 is 0 Å². The number of rotatable bonds is 4. The number of aryl methyl sites for hydroxylation is 1. The molecule has 0 radical (unpaired) electrons. The molecule has 1 aromatic carbocycles. The van der Waals surface area contributed by atoms with E-state index in [1.165, 1.54) is 19.4 Å². The second-order valence-electron chi connectivity index (χ2n) is 5.89. The molecule has 0 amide bonds. The first-order valence-corrected chi connectivity index (χ1v) is 7.82. The quantitative estimate of drug-likeness (QED) is 0.847. The first-order chi connectivity index (χ1) is 10.2. The number of benzene rings is 1. The Kier molecular flexibility index (Phi) is 3.97. The van der Waals surface area contributed by atoms with Crippen LogP contribution in [0.1, 0.15) is 25.5 Å². The maximum absolute atomic E-state index is 5.93. The van der Waals surface area contributed by atoms with E-state index in [0.29, 0.717) is 6.04 Å². The monoisotopic (exact) mass is 284 g/mol. The van der Waals surface area contributed by atoms with Crippen LogP contribution in [0.15, 0.2) is 24.3 Å². The van der Waals surface area contributed by atoms with Crippen molar-refractivity contribution in [1.29, 1.82) is 0 Å². The molecule has 1 aliphatic rings. The molecule has 0 aliphatic carbocycles. The summed E-state index contributed by atoms with van der Waals surface area (Å²) < 4.78 is 0. The van der Waals surface area contributed by atoms with E-state index in [-0.39, 0.29) is 0 Å². The van der Waals surface area contributed by atoms with Crippen LogP contribution in [0.5, 0.6) is 0 Å². The van der Waals surface area contributed by atoms with Gasteiger partial charge in [-0.25, -0.2) is 0 Å². The average Bonchev–Trinajstić information content (AvgIpc) is 2.92. The van der Waals surface area contributed by atoms with Gasteiger partial charge in [0.15, 0.2) is 0 Å². The zero-order chi connectivity index (χ0) is 14.8. The molecule has 112 valence electrons. The Balaban J connectivity index is 1.84. The molecule has 21 heavy (non-hydrogen) atoms. The van der Waals surface area contributed by atoms with Crippen molar-refractivity contribution in [2.45, 2.75) is 32.7 Å². The van der Waals surface area contributed by atoms with Crippen LogP contribution in [0.4, 0.5) is 11.4 Å². The summed E-state index contributed by atoms with van der Waals surface area (Å²) in [5.41, 5.74) is 9.90. The number of aromatic nitrogens is 1. The Bertz CT molecular complexity index is 638. The Morgan fingerprint density at radius 2 is 2.24 bits per heavy atom. The maximum Gasteiger partial charge on any atom is 0.0727 e. The lowest BCUT2D eigenvalue weighted by Crippen LogP contribution is -2.34. The normalized spacial score (nSPS) is 19.2. The molecule has 1 atom stereocenters. The van der Waals surface area contributed by atoms with Crippen LogP contribution in [-0.2, 0) is 0 Å². The average molecular weight is 284 g/mol. The first-order valence-electron chi connectivity index (χ1n) is 7.82. The molecule has 1 fully saturated rings. The minimum atomic E-state index is 0.639. The smallest absolute Gasteiger partial charge is 0.0727 e. The summed E-state index contributed by atoms with van der Waals surface area (Å²) in [6.07, 6.45) is 2.59. The van der Waals surface area contributed by atoms with Crippen LogP contribution in [0.25, 0.3) is 10.9 Å². The van der Waals surface area contributed by atoms with Gasteiger partial charge in [-0.05, 0) is 57.1 Å². The molecule has 4 nitrogen and oxygen atoms in total. The van der Waals surface area contributed by atoms with Gasteiger partial charge in [0.1, 0.15) is 0 Å². The number of anilines is 2. The van der Waals surface area contributed by atoms with Gasteiger partial charge in [0.2, 0.25) is 0 Å². The molecular formula is C17H24N4. The Labute approximate surface area is 126 Å². The highest BCUT2D eigenvalue weighted by atomic mass is 15.2. The summed E-state index contributed by atoms with van der Waals surface area (Å²) in [7, 11) is 0. The molecule has 2 aromatic rings. The Morgan fingerprint density at radius 3 is 3.05 bits per heavy atom. The van der Waals surface area contributed by atoms with E-state index < -0.39 is 0 Å². The minimum absolute atomic E-state index is 0.639. The topological polar surface area (TPSA) is 54.2 Å². The van der Waals surface area contributed by atoms with Crippen molar-refractivity contribution in [2.24, 2.45) is 0 Å². The van der Waals surface area contributed by atoms with Gasteiger partial charge >= 0.3 is 0 Å². The second kappa shape index (κ2) is 5.90. The van der Waals surface area contributed by atoms with Crippen molar-refractivity contribution < 1.29 is 0 Å². The van der Waals surface area contributed by atoms with Gasteiger partial charge < -0.3 is 11.1 Å². The molecule has 1 unspecified atom stereocenters. The van der Waals surface area contributed by atoms with E-state index in [1.807, 2.05) is 25.1 Å². The van der Waals surface area contributed by atoms with E-state index in [4.69, 9.17) is 5.73 Å². The highest BCUT2D eigenvalue weighted by molar-refractivity contribution is 5.93. The largest absolute Gasteiger partial charge is 0.399 e. The van der Waals surface area contributed by atoms with Crippen LogP contribution in [-0.4, -0.2) is 35.6 Å². The predicted octanol–water partition coefficient (Wildman–Crippen LogP) is 3.02. The van der Waals surface area contributed by atoms with E-state index in [0.717, 1.165) is 41.1 Å². The third-order valence-electron chi connectivity index (χ3n) is 4.39. The number of nitrogens with zero attached hydrogens (tertiary/aromatic N) is 2. The predicted molar refractivity (Wildman–Crippen MR) is 89.7 cm³/mol. The number of likely N-dealkylation sites (N-methyl/N-ethyl adjacent to an activating group) is 1. The molecule has 0 spiro atoms. The number of nitrogens with two attached hydrogens (primary N) is 1. The second-order valence-corrected chi connectivity index (χ2v) is 5.89. The fraction of sp³-hybridized carbons (Fsp3) is 0.471. The zero-order valence-electron chi connectivity index (χ0n) is 12.9. The third-order valence-corrected chi connectivity index (χ3v) is 4.39. The summed E-state index contributed by atoms with van der Waals surface area (Å²) in [6, 6.07) is 8.67. The van der Waals surface area contributed by atoms with Crippen molar-refractivity contribution in [3.05, 3.63) is 30.0 Å². The van der Waals surface area contributed by atoms with Gasteiger partial charge in [0, 0.05) is 35.0 Å². The Hall–Kier alpha value is -1.81. The molecule has 2 heterocycles. The number of fused-ring (bicyclic) bond motifs is 1. The van der Waals surface area contributed by atoms with Gasteiger partial charge in [-0.1, -0.05) is 6.92 Å². The number of hydrogen-bond donors (Lipinski definition) is 2. The van der Waals surface area contributed by atoms with Crippen molar-refractivity contribution >= 4 is 22.3 Å². The molecule has 1 aromatic heterocycles. The van der Waals surface area contributed by atoms with Gasteiger partial charge in [0.05, 0.1) is 5.52 Å². The highest BCUT2D eigenvalue weighted by Gasteiger charge is 2.22. The van der Waals surface area contributed by atoms with Crippen LogP contribution in [0.3, 0.4) is 0 Å². The lowest BCUT2D eigenvalue weighted by molar-refractivity contribution is 0.277. The van der Waals surface area contributed by atoms with E-state index in [2.05, 4.69) is 28.2 Å². The summed E-state index contributed by atoms with van der Waals surface area (Å²) in [5.74, 6) is 0. The third kappa shape index (κ3) is 2.95. The maximum atomic E-state index is 5.93. The van der Waals surface area contributed by atoms with Crippen LogP contribution in [0.2, 0.25) is 0 Å². The summed E-state index contributed by atoms with van der Waals surface area (Å²) in [5, 5.41) is 4.74. The van der Waals surface area contributed by atoms with E-state index in [1.54, 1.807) is 0 Å². The number of hydrogen-bond acceptors (Lipinski definition) is 4. The SMILES string of the molecule is CCN1CCCC1CNc1cc(C)nc2ccc(N)cc12. The molecular weight excluding hydrogens is 260 g/mol. The van der Waals surface area contributed by atoms with Crippen molar-refractivity contribution in [2.75, 3.05) is 30.7 Å². The number of likely N-dealkylation sites (tertiary alicyclic amines) is 1. The van der Waals surface area contributed by atoms with Gasteiger partial charge in [-0.2, -0.15) is 0 Å². The van der Waals surface area contributed by atoms with Crippen LogP contribution >= 0.6 is 0 Å². The van der Waals surface area contributed by atoms with Gasteiger partial charge in [0.25, 0.3) is 0 Å². The fourth-order valence-corrected chi connectivity index (χ4v) is 3.29. The Morgan fingerprint density at radius 1 is 1.38 bits per heavy atom. The molecule has 3 N–H and O–H groups in total. The van der Waals surface area contributed by atoms with Crippen LogP contribution < -0.4 is 11.1 Å².